The van der Waals surface area contributed by atoms with Crippen LogP contribution in [-0.2, 0) is 4.79 Å². The molecule has 1 aliphatic rings. The third-order valence-electron chi connectivity index (χ3n) is 4.36. The average molecular weight is 333 g/mol. The van der Waals surface area contributed by atoms with Gasteiger partial charge in [-0.05, 0) is 37.3 Å². The van der Waals surface area contributed by atoms with Crippen molar-refractivity contribution in [2.75, 3.05) is 13.1 Å². The maximum Gasteiger partial charge on any atom is 0.320 e. The smallest absolute Gasteiger partial charge is 0.320 e. The molecular weight excluding hydrogens is 306 g/mol. The highest BCUT2D eigenvalue weighted by molar-refractivity contribution is 5.78. The number of piperidine rings is 1. The predicted octanol–water partition coefficient (Wildman–Crippen LogP) is 2.44. The highest BCUT2D eigenvalue weighted by Crippen LogP contribution is 2.26. The molecule has 132 valence electrons. The van der Waals surface area contributed by atoms with Crippen LogP contribution in [0.1, 0.15) is 45.1 Å². The number of nitrogens with one attached hydrogen (secondary N) is 1. The minimum atomic E-state index is -0.439. The molecule has 2 rings (SSSR count). The highest BCUT2D eigenvalue weighted by atomic mass is 16.5. The Morgan fingerprint density at radius 3 is 2.42 bits per heavy atom. The number of benzene rings is 1. The summed E-state index contributed by atoms with van der Waals surface area (Å²) in [5.74, 6) is 0.724. The van der Waals surface area contributed by atoms with Crippen LogP contribution < -0.4 is 15.8 Å². The van der Waals surface area contributed by atoms with Crippen LogP contribution in [0.4, 0.5) is 4.79 Å². The van der Waals surface area contributed by atoms with E-state index in [4.69, 9.17) is 10.5 Å². The molecular formula is C18H27N3O3. The van der Waals surface area contributed by atoms with E-state index < -0.39 is 6.23 Å². The molecule has 6 heteroatoms. The Labute approximate surface area is 143 Å². The number of likely N-dealkylation sites (tertiary alicyclic amines) is 1. The van der Waals surface area contributed by atoms with E-state index in [-0.39, 0.29) is 17.9 Å². The normalized spacial score (nSPS) is 16.8. The fourth-order valence-electron chi connectivity index (χ4n) is 2.92. The number of nitrogens with zero attached hydrogens (tertiary/aromatic N) is 1. The van der Waals surface area contributed by atoms with Crippen molar-refractivity contribution >= 4 is 11.9 Å². The van der Waals surface area contributed by atoms with E-state index in [9.17, 15) is 9.59 Å². The summed E-state index contributed by atoms with van der Waals surface area (Å²) in [7, 11) is 0. The van der Waals surface area contributed by atoms with Crippen LogP contribution in [0.15, 0.2) is 24.3 Å². The maximum absolute atomic E-state index is 12.3. The van der Waals surface area contributed by atoms with E-state index in [1.54, 1.807) is 4.90 Å². The van der Waals surface area contributed by atoms with Gasteiger partial charge in [0.05, 0.1) is 0 Å². The van der Waals surface area contributed by atoms with Crippen molar-refractivity contribution < 1.29 is 14.3 Å². The number of hydrogen-bond acceptors (Lipinski definition) is 3. The number of carbonyl (C=O) groups is 2. The van der Waals surface area contributed by atoms with Crippen molar-refractivity contribution in [1.82, 2.24) is 10.2 Å². The lowest BCUT2D eigenvalue weighted by Gasteiger charge is -2.31. The van der Waals surface area contributed by atoms with Crippen LogP contribution in [0.5, 0.6) is 5.75 Å². The lowest BCUT2D eigenvalue weighted by Crippen LogP contribution is -2.49. The summed E-state index contributed by atoms with van der Waals surface area (Å²) in [4.78, 5) is 25.2. The molecule has 1 saturated heterocycles. The van der Waals surface area contributed by atoms with Crippen LogP contribution in [0, 0.1) is 5.92 Å². The molecule has 0 radical (unpaired) electrons. The molecule has 6 nitrogen and oxygen atoms in total. The topological polar surface area (TPSA) is 84.7 Å². The van der Waals surface area contributed by atoms with Crippen molar-refractivity contribution in [2.24, 2.45) is 11.7 Å². The van der Waals surface area contributed by atoms with Crippen molar-refractivity contribution in [3.63, 3.8) is 0 Å². The number of hydrogen-bond donors (Lipinski definition) is 2. The molecule has 24 heavy (non-hydrogen) atoms. The number of amides is 3. The Bertz CT molecular complexity index is 581. The fraction of sp³-hybridized carbons (Fsp3) is 0.556. The van der Waals surface area contributed by atoms with Gasteiger partial charge in [0.15, 0.2) is 6.23 Å². The summed E-state index contributed by atoms with van der Waals surface area (Å²) in [5.41, 5.74) is 6.43. The highest BCUT2D eigenvalue weighted by Gasteiger charge is 2.26. The van der Waals surface area contributed by atoms with Gasteiger partial charge in [-0.15, -0.1) is 0 Å². The van der Waals surface area contributed by atoms with Gasteiger partial charge in [0.1, 0.15) is 5.75 Å². The van der Waals surface area contributed by atoms with Gasteiger partial charge in [-0.2, -0.15) is 0 Å². The summed E-state index contributed by atoms with van der Waals surface area (Å²) >= 11 is 0. The maximum atomic E-state index is 12.3. The standard InChI is InChI=1S/C18H27N3O3/c1-12(2)15-6-4-5-7-16(15)24-13(3)20-18(23)21-10-8-14(9-11-21)17(19)22/h4-7,12-14H,8-11H2,1-3H3,(H2,19,22)(H,20,23). The number of ether oxygens (including phenoxy) is 1. The number of para-hydroxylation sites is 1. The van der Waals surface area contributed by atoms with E-state index in [2.05, 4.69) is 19.2 Å². The quantitative estimate of drug-likeness (QED) is 0.812. The van der Waals surface area contributed by atoms with Gasteiger partial charge >= 0.3 is 6.03 Å². The number of urea groups is 1. The average Bonchev–Trinajstić information content (AvgIpc) is 2.55. The number of carbonyl (C=O) groups excluding carboxylic acids is 2. The van der Waals surface area contributed by atoms with Crippen LogP contribution in [0.25, 0.3) is 0 Å². The van der Waals surface area contributed by atoms with E-state index in [1.165, 1.54) is 0 Å². The van der Waals surface area contributed by atoms with E-state index in [0.717, 1.165) is 11.3 Å². The first kappa shape index (κ1) is 18.1. The predicted molar refractivity (Wildman–Crippen MR) is 92.6 cm³/mol. The van der Waals surface area contributed by atoms with Crippen LogP contribution >= 0.6 is 0 Å². The summed E-state index contributed by atoms with van der Waals surface area (Å²) in [5, 5.41) is 2.86. The lowest BCUT2D eigenvalue weighted by molar-refractivity contribution is -0.123. The minimum Gasteiger partial charge on any atom is -0.471 e. The zero-order valence-corrected chi connectivity index (χ0v) is 14.6. The Kier molecular flexibility index (Phi) is 6.06. The zero-order valence-electron chi connectivity index (χ0n) is 14.6. The summed E-state index contributed by atoms with van der Waals surface area (Å²) < 4.78 is 5.89. The second kappa shape index (κ2) is 8.04. The second-order valence-corrected chi connectivity index (χ2v) is 6.57. The molecule has 0 aromatic heterocycles. The monoisotopic (exact) mass is 333 g/mol. The molecule has 1 fully saturated rings. The first-order valence-corrected chi connectivity index (χ1v) is 8.48. The van der Waals surface area contributed by atoms with Crippen LogP contribution in [-0.4, -0.2) is 36.2 Å². The number of rotatable bonds is 5. The first-order chi connectivity index (χ1) is 11.4. The van der Waals surface area contributed by atoms with Gasteiger partial charge in [-0.1, -0.05) is 32.0 Å². The molecule has 1 heterocycles. The molecule has 3 amide bonds. The summed E-state index contributed by atoms with van der Waals surface area (Å²) in [6, 6.07) is 7.67. The van der Waals surface area contributed by atoms with Crippen molar-refractivity contribution in [2.45, 2.75) is 45.8 Å². The Morgan fingerprint density at radius 2 is 1.83 bits per heavy atom. The largest absolute Gasteiger partial charge is 0.471 e. The SMILES string of the molecule is CC(NC(=O)N1CCC(C(N)=O)CC1)Oc1ccccc1C(C)C. The lowest BCUT2D eigenvalue weighted by atomic mass is 9.96. The summed E-state index contributed by atoms with van der Waals surface area (Å²) in [6.07, 6.45) is 0.800. The molecule has 1 aromatic rings. The van der Waals surface area contributed by atoms with Gasteiger partial charge < -0.3 is 20.7 Å². The molecule has 0 bridgehead atoms. The van der Waals surface area contributed by atoms with Gasteiger partial charge in [0.2, 0.25) is 5.91 Å². The third-order valence-corrected chi connectivity index (χ3v) is 4.36. The van der Waals surface area contributed by atoms with Crippen molar-refractivity contribution in [3.8, 4) is 5.75 Å². The number of nitrogens with two attached hydrogens (primary N) is 1. The van der Waals surface area contributed by atoms with E-state index in [1.807, 2.05) is 31.2 Å². The Balaban J connectivity index is 1.88. The molecule has 3 N–H and O–H groups in total. The molecule has 0 spiro atoms. The molecule has 1 unspecified atom stereocenters. The zero-order chi connectivity index (χ0) is 17.7. The Morgan fingerprint density at radius 1 is 1.21 bits per heavy atom. The van der Waals surface area contributed by atoms with Gasteiger partial charge in [-0.3, -0.25) is 4.79 Å². The molecule has 1 aliphatic heterocycles. The van der Waals surface area contributed by atoms with Crippen LogP contribution in [0.3, 0.4) is 0 Å². The van der Waals surface area contributed by atoms with Gasteiger partial charge in [0.25, 0.3) is 0 Å². The Hall–Kier alpha value is -2.24. The number of primary amides is 1. The van der Waals surface area contributed by atoms with Crippen LogP contribution in [0.2, 0.25) is 0 Å². The molecule has 0 saturated carbocycles. The van der Waals surface area contributed by atoms with E-state index >= 15 is 0 Å². The molecule has 1 atom stereocenters. The minimum absolute atomic E-state index is 0.124. The first-order valence-electron chi connectivity index (χ1n) is 8.48. The third kappa shape index (κ3) is 4.63. The van der Waals surface area contributed by atoms with Gasteiger partial charge in [0, 0.05) is 19.0 Å². The molecule has 1 aromatic carbocycles. The fourth-order valence-corrected chi connectivity index (χ4v) is 2.92. The summed E-state index contributed by atoms with van der Waals surface area (Å²) in [6.45, 7) is 7.09. The molecule has 0 aliphatic carbocycles. The van der Waals surface area contributed by atoms with E-state index in [0.29, 0.717) is 31.8 Å². The van der Waals surface area contributed by atoms with Crippen molar-refractivity contribution in [3.05, 3.63) is 29.8 Å². The van der Waals surface area contributed by atoms with Gasteiger partial charge in [-0.25, -0.2) is 4.79 Å². The second-order valence-electron chi connectivity index (χ2n) is 6.57. The van der Waals surface area contributed by atoms with Crippen molar-refractivity contribution in [1.29, 1.82) is 0 Å².